The molecular weight excluding hydrogens is 945 g/mol. The molecule has 76 heavy (non-hydrogen) atoms. The molecule has 0 atom stereocenters. The highest BCUT2D eigenvalue weighted by atomic mass is 16.2. The molecule has 0 fully saturated rings. The fourth-order valence-corrected chi connectivity index (χ4v) is 6.75. The number of amides is 4. The molecule has 11 heteroatoms. The summed E-state index contributed by atoms with van der Waals surface area (Å²) >= 11 is 0. The lowest BCUT2D eigenvalue weighted by Crippen LogP contribution is -2.22. The summed E-state index contributed by atoms with van der Waals surface area (Å²) in [6, 6.07) is 80.7. The highest BCUT2D eigenvalue weighted by Crippen LogP contribution is 2.12. The van der Waals surface area contributed by atoms with Crippen LogP contribution in [0.1, 0.15) is 68.5 Å². The molecule has 0 saturated carbocycles. The minimum absolute atomic E-state index is 0.0335. The van der Waals surface area contributed by atoms with Crippen molar-refractivity contribution in [1.82, 2.24) is 14.9 Å². The Hall–Kier alpha value is -10.3. The number of nitrogens with one attached hydrogen (secondary N) is 4. The molecule has 11 nitrogen and oxygen atoms in total. The fourth-order valence-electron chi connectivity index (χ4n) is 6.75. The Bertz CT molecular complexity index is 3190. The average molecular weight is 1000 g/mol. The van der Waals surface area contributed by atoms with Crippen LogP contribution in [0.2, 0.25) is 0 Å². The summed E-state index contributed by atoms with van der Waals surface area (Å²) in [5.74, 6) is -0.332. The van der Waals surface area contributed by atoms with E-state index in [4.69, 9.17) is 0 Å². The van der Waals surface area contributed by atoms with Gasteiger partial charge in [-0.15, -0.1) is 0 Å². The van der Waals surface area contributed by atoms with Crippen LogP contribution >= 0.6 is 0 Å². The van der Waals surface area contributed by atoms with Gasteiger partial charge in [0.2, 0.25) is 0 Å². The van der Waals surface area contributed by atoms with E-state index in [0.29, 0.717) is 34.4 Å². The van der Waals surface area contributed by atoms with Crippen LogP contribution in [0, 0.1) is 13.8 Å². The largest absolute Gasteiger partial charge is 0.348 e. The first-order valence-electron chi connectivity index (χ1n) is 24.3. The van der Waals surface area contributed by atoms with Gasteiger partial charge in [0.15, 0.2) is 0 Å². The van der Waals surface area contributed by atoms with E-state index in [1.54, 1.807) is 48.8 Å². The fraction of sp³-hybridized carbons (Fsp3) is 0.0462. The number of hydrogen-bond donors (Lipinski definition) is 4. The molecular formula is C65H58N6O5. The zero-order valence-electron chi connectivity index (χ0n) is 42.2. The summed E-state index contributed by atoms with van der Waals surface area (Å²) in [6.07, 6.45) is 4.71. The molecule has 0 aliphatic rings. The summed E-state index contributed by atoms with van der Waals surface area (Å²) in [5.41, 5.74) is 9.23. The first-order chi connectivity index (χ1) is 37.1. The zero-order chi connectivity index (χ0) is 53.6. The number of aromatic nitrogens is 2. The maximum Gasteiger partial charge on any atom is 0.263 e. The molecule has 0 aliphatic heterocycles. The second-order valence-electron chi connectivity index (χ2n) is 16.7. The number of carbonyl (C=O) groups is 5. The molecule has 0 unspecified atom stereocenters. The van der Waals surface area contributed by atoms with E-state index in [1.807, 2.05) is 238 Å². The number of nitrogens with zero attached hydrogens (tertiary/aromatic N) is 2. The van der Waals surface area contributed by atoms with Gasteiger partial charge in [-0.3, -0.25) is 28.5 Å². The molecule has 0 aliphatic carbocycles. The van der Waals surface area contributed by atoms with Crippen LogP contribution < -0.4 is 21.3 Å². The Morgan fingerprint density at radius 2 is 0.658 bits per heavy atom. The Morgan fingerprint density at radius 1 is 0.355 bits per heavy atom. The van der Waals surface area contributed by atoms with Crippen LogP contribution in [-0.4, -0.2) is 39.1 Å². The summed E-state index contributed by atoms with van der Waals surface area (Å²) in [5, 5.41) is 11.4. The van der Waals surface area contributed by atoms with Gasteiger partial charge in [-0.25, -0.2) is 4.98 Å². The van der Waals surface area contributed by atoms with Crippen molar-refractivity contribution in [2.45, 2.75) is 20.4 Å². The monoisotopic (exact) mass is 1000 g/mol. The molecule has 1 aromatic heterocycles. The van der Waals surface area contributed by atoms with Gasteiger partial charge >= 0.3 is 0 Å². The molecule has 4 N–H and O–H groups in total. The SMILES string of the molecule is Cc1ccc(C(=O)NCc2ccccc2)cc1.Cc1ccc(C(=O)Nc2ccccc2)cc1.O=C(Nc1ccccc1)c1ccccc1.O=C(Nc1ccccc1)c1ccccc1.O=C(c1ccccc1)n1ccnc1. The van der Waals surface area contributed by atoms with E-state index < -0.39 is 0 Å². The Kier molecular flexibility index (Phi) is 22.2. The third-order valence-corrected chi connectivity index (χ3v) is 10.8. The topological polar surface area (TPSA) is 151 Å². The van der Waals surface area contributed by atoms with E-state index >= 15 is 0 Å². The first-order valence-corrected chi connectivity index (χ1v) is 24.3. The Labute approximate surface area is 444 Å². The number of aryl methyl sites for hydroxylation is 2. The lowest BCUT2D eigenvalue weighted by atomic mass is 10.1. The summed E-state index contributed by atoms with van der Waals surface area (Å²) in [7, 11) is 0. The minimum atomic E-state index is -0.0817. The van der Waals surface area contributed by atoms with Crippen LogP contribution in [0.3, 0.4) is 0 Å². The van der Waals surface area contributed by atoms with Crippen molar-refractivity contribution in [1.29, 1.82) is 0 Å². The number of benzene rings is 9. The van der Waals surface area contributed by atoms with Crippen molar-refractivity contribution in [3.8, 4) is 0 Å². The summed E-state index contributed by atoms with van der Waals surface area (Å²) in [6.45, 7) is 4.57. The van der Waals surface area contributed by atoms with Crippen molar-refractivity contribution < 1.29 is 24.0 Å². The normalized spacial score (nSPS) is 9.76. The predicted molar refractivity (Wildman–Crippen MR) is 304 cm³/mol. The summed E-state index contributed by atoms with van der Waals surface area (Å²) in [4.78, 5) is 62.5. The minimum Gasteiger partial charge on any atom is -0.348 e. The lowest BCUT2D eigenvalue weighted by molar-refractivity contribution is 0.0946. The van der Waals surface area contributed by atoms with Gasteiger partial charge in [-0.2, -0.15) is 0 Å². The number of para-hydroxylation sites is 3. The van der Waals surface area contributed by atoms with Crippen molar-refractivity contribution in [3.63, 3.8) is 0 Å². The van der Waals surface area contributed by atoms with Gasteiger partial charge in [0.25, 0.3) is 29.5 Å². The third kappa shape index (κ3) is 19.4. The van der Waals surface area contributed by atoms with Gasteiger partial charge in [-0.05, 0) is 116 Å². The van der Waals surface area contributed by atoms with E-state index in [-0.39, 0.29) is 29.5 Å². The van der Waals surface area contributed by atoms with Gasteiger partial charge in [0.05, 0.1) is 0 Å². The number of anilines is 3. The smallest absolute Gasteiger partial charge is 0.263 e. The lowest BCUT2D eigenvalue weighted by Gasteiger charge is -2.05. The zero-order valence-corrected chi connectivity index (χ0v) is 42.2. The van der Waals surface area contributed by atoms with Crippen molar-refractivity contribution in [3.05, 3.63) is 324 Å². The van der Waals surface area contributed by atoms with Crippen LogP contribution in [0.25, 0.3) is 0 Å². The molecule has 9 aromatic carbocycles. The van der Waals surface area contributed by atoms with Crippen LogP contribution in [0.5, 0.6) is 0 Å². The predicted octanol–water partition coefficient (Wildman–Crippen LogP) is 13.6. The van der Waals surface area contributed by atoms with Gasteiger partial charge in [-0.1, -0.05) is 175 Å². The quantitative estimate of drug-likeness (QED) is 0.107. The van der Waals surface area contributed by atoms with Crippen LogP contribution in [0.4, 0.5) is 17.1 Å². The van der Waals surface area contributed by atoms with Crippen molar-refractivity contribution in [2.24, 2.45) is 0 Å². The van der Waals surface area contributed by atoms with Gasteiger partial charge in [0.1, 0.15) is 6.33 Å². The third-order valence-electron chi connectivity index (χ3n) is 10.8. The van der Waals surface area contributed by atoms with E-state index in [1.165, 1.54) is 10.9 Å². The molecule has 0 radical (unpaired) electrons. The molecule has 0 spiro atoms. The summed E-state index contributed by atoms with van der Waals surface area (Å²) < 4.78 is 1.45. The number of rotatable bonds is 10. The standard InChI is InChI=1S/C15H15NO.C14H13NO.2C13H11NO.C10H8N2O/c1-12-7-9-14(10-8-12)15(17)16-11-13-5-3-2-4-6-13;1-11-7-9-12(10-8-11)14(16)15-13-5-3-2-4-6-13;2*15-13(11-7-3-1-4-8-11)14-12-9-5-2-6-10-12;13-10(12-7-6-11-8-12)9-4-2-1-3-5-9/h2-10H,11H2,1H3,(H,16,17);2-10H,1H3,(H,15,16);2*1-10H,(H,14,15);1-8H. The second kappa shape index (κ2) is 30.6. The molecule has 10 aromatic rings. The highest BCUT2D eigenvalue weighted by Gasteiger charge is 2.08. The molecule has 4 amide bonds. The van der Waals surface area contributed by atoms with Crippen LogP contribution in [-0.2, 0) is 6.54 Å². The number of imidazole rings is 1. The molecule has 0 bridgehead atoms. The highest BCUT2D eigenvalue weighted by molar-refractivity contribution is 6.05. The van der Waals surface area contributed by atoms with Crippen LogP contribution in [0.15, 0.2) is 280 Å². The number of hydrogen-bond acceptors (Lipinski definition) is 6. The molecule has 1 heterocycles. The maximum atomic E-state index is 11.8. The van der Waals surface area contributed by atoms with Crippen molar-refractivity contribution in [2.75, 3.05) is 16.0 Å². The maximum absolute atomic E-state index is 11.8. The molecule has 10 rings (SSSR count). The van der Waals surface area contributed by atoms with Gasteiger partial charge < -0.3 is 21.3 Å². The molecule has 378 valence electrons. The second-order valence-corrected chi connectivity index (χ2v) is 16.7. The van der Waals surface area contributed by atoms with E-state index in [0.717, 1.165) is 33.8 Å². The Morgan fingerprint density at radius 3 is 1.00 bits per heavy atom. The number of carbonyl (C=O) groups excluding carboxylic acids is 5. The van der Waals surface area contributed by atoms with E-state index in [2.05, 4.69) is 26.3 Å². The molecule has 0 saturated heterocycles. The van der Waals surface area contributed by atoms with Crippen molar-refractivity contribution >= 4 is 46.6 Å². The average Bonchev–Trinajstić information content (AvgIpc) is 4.03. The van der Waals surface area contributed by atoms with E-state index in [9.17, 15) is 24.0 Å². The Balaban J connectivity index is 0.000000155. The van der Waals surface area contributed by atoms with Gasteiger partial charge in [0, 0.05) is 63.8 Å². The first kappa shape index (κ1) is 55.1.